The molecule has 0 aliphatic heterocycles. The van der Waals surface area contributed by atoms with Crippen molar-refractivity contribution in [2.45, 2.75) is 91.3 Å². The van der Waals surface area contributed by atoms with Crippen LogP contribution in [0.3, 0.4) is 0 Å². The molecule has 0 saturated heterocycles. The van der Waals surface area contributed by atoms with Crippen molar-refractivity contribution >= 4 is 14.3 Å². The predicted molar refractivity (Wildman–Crippen MR) is 108 cm³/mol. The molecule has 0 unspecified atom stereocenters. The van der Waals surface area contributed by atoms with Gasteiger partial charge in [-0.1, -0.05) is 62.3 Å². The maximum atomic E-state index is 12.9. The summed E-state index contributed by atoms with van der Waals surface area (Å²) in [5.74, 6) is -0.00790. The largest absolute Gasteiger partial charge is 0.516 e. The van der Waals surface area contributed by atoms with E-state index in [1.165, 1.54) is 0 Å². The molecule has 0 amide bonds. The zero-order valence-corrected chi connectivity index (χ0v) is 18.9. The van der Waals surface area contributed by atoms with Crippen molar-refractivity contribution in [3.63, 3.8) is 0 Å². The molecule has 0 heterocycles. The molecule has 3 nitrogen and oxygen atoms in total. The van der Waals surface area contributed by atoms with E-state index in [9.17, 15) is 9.90 Å². The SMILES string of the molecule is CC(C)(C)c1cc(C(=O)O[Si](C)(C)C(C)(C)C)cc(C(C)(C)C)c1O. The molecule has 1 aromatic carbocycles. The van der Waals surface area contributed by atoms with Crippen LogP contribution in [0.4, 0.5) is 0 Å². The topological polar surface area (TPSA) is 46.5 Å². The summed E-state index contributed by atoms with van der Waals surface area (Å²) in [6, 6.07) is 3.58. The van der Waals surface area contributed by atoms with E-state index in [4.69, 9.17) is 4.43 Å². The molecule has 0 aromatic heterocycles. The normalized spacial score (nSPS) is 13.7. The lowest BCUT2D eigenvalue weighted by molar-refractivity contribution is 0.0712. The first-order valence-corrected chi connectivity index (χ1v) is 11.9. The van der Waals surface area contributed by atoms with Crippen LogP contribution < -0.4 is 0 Å². The van der Waals surface area contributed by atoms with Gasteiger partial charge in [-0.05, 0) is 41.1 Å². The van der Waals surface area contributed by atoms with Gasteiger partial charge in [-0.2, -0.15) is 0 Å². The number of aromatic hydroxyl groups is 1. The third-order valence-corrected chi connectivity index (χ3v) is 9.42. The fourth-order valence-electron chi connectivity index (χ4n) is 2.34. The van der Waals surface area contributed by atoms with Gasteiger partial charge in [0.1, 0.15) is 5.75 Å². The molecule has 0 radical (unpaired) electrons. The molecule has 142 valence electrons. The zero-order valence-electron chi connectivity index (χ0n) is 17.9. The standard InChI is InChI=1S/C21H36O3Si/c1-19(2,3)15-12-14(13-16(17(15)22)20(4,5)6)18(23)24-25(10,11)21(7,8)9/h12-13,22H,1-11H3. The Kier molecular flexibility index (Phi) is 5.62. The lowest BCUT2D eigenvalue weighted by atomic mass is 9.78. The van der Waals surface area contributed by atoms with E-state index in [1.54, 1.807) is 12.1 Å². The molecule has 1 rings (SSSR count). The van der Waals surface area contributed by atoms with Gasteiger partial charge in [0, 0.05) is 11.1 Å². The predicted octanol–water partition coefficient (Wildman–Crippen LogP) is 6.15. The highest BCUT2D eigenvalue weighted by molar-refractivity contribution is 6.75. The number of phenols is 1. The summed E-state index contributed by atoms with van der Waals surface area (Å²) in [4.78, 5) is 12.9. The van der Waals surface area contributed by atoms with Crippen LogP contribution in [-0.2, 0) is 15.3 Å². The highest BCUT2D eigenvalue weighted by Crippen LogP contribution is 2.41. The van der Waals surface area contributed by atoms with Crippen molar-refractivity contribution in [2.24, 2.45) is 0 Å². The van der Waals surface area contributed by atoms with Crippen LogP contribution in [0.2, 0.25) is 18.1 Å². The highest BCUT2D eigenvalue weighted by Gasteiger charge is 2.41. The number of carbonyl (C=O) groups excluding carboxylic acids is 1. The Morgan fingerprint density at radius 2 is 1.24 bits per heavy atom. The number of hydrogen-bond acceptors (Lipinski definition) is 3. The van der Waals surface area contributed by atoms with Crippen LogP contribution in [0.5, 0.6) is 5.75 Å². The van der Waals surface area contributed by atoms with Crippen LogP contribution in [0.15, 0.2) is 12.1 Å². The minimum Gasteiger partial charge on any atom is -0.516 e. The van der Waals surface area contributed by atoms with Gasteiger partial charge in [0.05, 0.1) is 5.56 Å². The lowest BCUT2D eigenvalue weighted by Gasteiger charge is -2.35. The summed E-state index contributed by atoms with van der Waals surface area (Å²) >= 11 is 0. The van der Waals surface area contributed by atoms with Gasteiger partial charge in [0.2, 0.25) is 0 Å². The Morgan fingerprint density at radius 3 is 1.52 bits per heavy atom. The van der Waals surface area contributed by atoms with E-state index >= 15 is 0 Å². The van der Waals surface area contributed by atoms with E-state index in [0.717, 1.165) is 11.1 Å². The second kappa shape index (κ2) is 6.46. The number of rotatable bonds is 2. The molecule has 25 heavy (non-hydrogen) atoms. The minimum atomic E-state index is -2.20. The van der Waals surface area contributed by atoms with Gasteiger partial charge in [-0.15, -0.1) is 0 Å². The van der Waals surface area contributed by atoms with Crippen molar-refractivity contribution in [2.75, 3.05) is 0 Å². The second-order valence-electron chi connectivity index (χ2n) is 10.6. The van der Waals surface area contributed by atoms with Crippen molar-refractivity contribution in [3.8, 4) is 5.75 Å². The fraction of sp³-hybridized carbons (Fsp3) is 0.667. The number of hydrogen-bond donors (Lipinski definition) is 1. The summed E-state index contributed by atoms with van der Waals surface area (Å²) < 4.78 is 5.98. The summed E-state index contributed by atoms with van der Waals surface area (Å²) in [5.41, 5.74) is 1.55. The van der Waals surface area contributed by atoms with Crippen molar-refractivity contribution < 1.29 is 14.3 Å². The number of phenolic OH excluding ortho intramolecular Hbond substituents is 1. The number of carbonyl (C=O) groups is 1. The Balaban J connectivity index is 3.49. The van der Waals surface area contributed by atoms with Gasteiger partial charge in [0.15, 0.2) is 0 Å². The first-order chi connectivity index (χ1) is 10.9. The van der Waals surface area contributed by atoms with Gasteiger partial charge >= 0.3 is 5.97 Å². The van der Waals surface area contributed by atoms with E-state index in [-0.39, 0.29) is 27.6 Å². The van der Waals surface area contributed by atoms with Gasteiger partial charge in [0.25, 0.3) is 8.32 Å². The molecule has 0 aliphatic rings. The maximum Gasteiger partial charge on any atom is 0.324 e. The molecule has 1 N–H and O–H groups in total. The smallest absolute Gasteiger partial charge is 0.324 e. The van der Waals surface area contributed by atoms with Crippen molar-refractivity contribution in [1.82, 2.24) is 0 Å². The van der Waals surface area contributed by atoms with Gasteiger partial charge in [-0.25, -0.2) is 4.79 Å². The molecular formula is C21H36O3Si. The molecule has 0 aliphatic carbocycles. The Labute approximate surface area is 154 Å². The minimum absolute atomic E-state index is 0.0424. The van der Waals surface area contributed by atoms with Crippen molar-refractivity contribution in [1.29, 1.82) is 0 Å². The molecule has 0 saturated carbocycles. The summed E-state index contributed by atoms with van der Waals surface area (Å²) in [6.07, 6.45) is 0. The van der Waals surface area contributed by atoms with Crippen molar-refractivity contribution in [3.05, 3.63) is 28.8 Å². The van der Waals surface area contributed by atoms with Crippen LogP contribution >= 0.6 is 0 Å². The lowest BCUT2D eigenvalue weighted by Crippen LogP contribution is -2.42. The quantitative estimate of drug-likeness (QED) is 0.640. The third-order valence-electron chi connectivity index (χ3n) is 5.12. The van der Waals surface area contributed by atoms with Gasteiger partial charge in [-0.3, -0.25) is 0 Å². The fourth-order valence-corrected chi connectivity index (χ4v) is 3.23. The summed E-state index contributed by atoms with van der Waals surface area (Å²) in [7, 11) is -2.20. The molecule has 4 heteroatoms. The molecule has 1 aromatic rings. The zero-order chi connectivity index (χ0) is 20.0. The molecule has 0 atom stereocenters. The van der Waals surface area contributed by atoms with Crippen LogP contribution in [-0.4, -0.2) is 19.4 Å². The maximum absolute atomic E-state index is 12.9. The second-order valence-corrected chi connectivity index (χ2v) is 15.3. The van der Waals surface area contributed by atoms with E-state index in [0.29, 0.717) is 5.56 Å². The first-order valence-electron chi connectivity index (χ1n) is 8.99. The van der Waals surface area contributed by atoms with E-state index < -0.39 is 8.32 Å². The average molecular weight is 365 g/mol. The van der Waals surface area contributed by atoms with Gasteiger partial charge < -0.3 is 9.53 Å². The molecule has 0 bridgehead atoms. The highest BCUT2D eigenvalue weighted by atomic mass is 28.4. The van der Waals surface area contributed by atoms with E-state index in [2.05, 4.69) is 33.9 Å². The van der Waals surface area contributed by atoms with Crippen LogP contribution in [0.25, 0.3) is 0 Å². The summed E-state index contributed by atoms with van der Waals surface area (Å²) in [6.45, 7) is 22.7. The van der Waals surface area contributed by atoms with E-state index in [1.807, 2.05) is 41.5 Å². The Hall–Kier alpha value is -1.29. The Bertz CT molecular complexity index is 618. The third kappa shape index (κ3) is 4.87. The molecule has 0 spiro atoms. The first kappa shape index (κ1) is 21.7. The number of benzene rings is 1. The summed E-state index contributed by atoms with van der Waals surface area (Å²) in [5, 5.41) is 10.7. The average Bonchev–Trinajstić information content (AvgIpc) is 2.33. The van der Waals surface area contributed by atoms with Crippen LogP contribution in [0.1, 0.15) is 83.8 Å². The Morgan fingerprint density at radius 1 is 0.880 bits per heavy atom. The van der Waals surface area contributed by atoms with Crippen LogP contribution in [0, 0.1) is 0 Å². The molecular weight excluding hydrogens is 328 g/mol. The molecule has 0 fully saturated rings. The monoisotopic (exact) mass is 364 g/mol.